The van der Waals surface area contributed by atoms with Crippen LogP contribution in [0.4, 0.5) is 5.69 Å². The number of hydrogen-bond donors (Lipinski definition) is 2. The molecule has 0 unspecified atom stereocenters. The van der Waals surface area contributed by atoms with Gasteiger partial charge in [-0.1, -0.05) is 48.5 Å². The topological polar surface area (TPSA) is 76.0 Å². The van der Waals surface area contributed by atoms with Crippen molar-refractivity contribution in [3.63, 3.8) is 0 Å². The lowest BCUT2D eigenvalue weighted by Crippen LogP contribution is -2.27. The van der Waals surface area contributed by atoms with Crippen LogP contribution in [0, 0.1) is 0 Å². The maximum Gasteiger partial charge on any atom is 0.255 e. The molecule has 4 aromatic rings. The summed E-state index contributed by atoms with van der Waals surface area (Å²) in [4.78, 5) is 25.2. The van der Waals surface area contributed by atoms with Crippen molar-refractivity contribution >= 4 is 17.5 Å². The molecule has 2 N–H and O–H groups in total. The van der Waals surface area contributed by atoms with Crippen molar-refractivity contribution in [3.05, 3.63) is 114 Å². The number of carbonyl (C=O) groups is 2. The Labute approximate surface area is 180 Å². The van der Waals surface area contributed by atoms with E-state index in [0.717, 1.165) is 11.3 Å². The molecule has 0 aliphatic carbocycles. The Hall–Kier alpha value is -4.19. The summed E-state index contributed by atoms with van der Waals surface area (Å²) in [7, 11) is 0. The van der Waals surface area contributed by atoms with Crippen molar-refractivity contribution in [2.75, 3.05) is 11.9 Å². The molecule has 154 valence electrons. The molecular weight excluding hydrogens is 388 g/mol. The molecule has 0 aliphatic heterocycles. The summed E-state index contributed by atoms with van der Waals surface area (Å²) < 4.78 is 1.81. The standard InChI is InChI=1S/C25H22N4O2/c30-24(20-9-3-1-4-10-20)28-23-14-8-7-13-22(23)25(31)26-16-15-19-17-27-29(18-19)21-11-5-2-6-12-21/h1-14,17-18H,15-16H2,(H,26,31)(H,28,30). The van der Waals surface area contributed by atoms with Crippen LogP contribution in [-0.2, 0) is 6.42 Å². The summed E-state index contributed by atoms with van der Waals surface area (Å²) in [5.74, 6) is -0.492. The highest BCUT2D eigenvalue weighted by atomic mass is 16.2. The SMILES string of the molecule is O=C(Nc1ccccc1C(=O)NCCc1cnn(-c2ccccc2)c1)c1ccccc1. The minimum Gasteiger partial charge on any atom is -0.352 e. The molecule has 0 fully saturated rings. The van der Waals surface area contributed by atoms with Crippen LogP contribution in [0.25, 0.3) is 5.69 Å². The zero-order valence-electron chi connectivity index (χ0n) is 16.9. The van der Waals surface area contributed by atoms with E-state index in [-0.39, 0.29) is 11.8 Å². The molecule has 0 atom stereocenters. The second kappa shape index (κ2) is 9.54. The molecule has 6 nitrogen and oxygen atoms in total. The lowest BCUT2D eigenvalue weighted by atomic mass is 10.1. The van der Waals surface area contributed by atoms with Gasteiger partial charge in [-0.05, 0) is 48.4 Å². The number of carbonyl (C=O) groups excluding carboxylic acids is 2. The molecule has 1 aromatic heterocycles. The molecule has 0 aliphatic rings. The molecule has 0 bridgehead atoms. The summed E-state index contributed by atoms with van der Waals surface area (Å²) in [6, 6.07) is 25.7. The number of nitrogens with one attached hydrogen (secondary N) is 2. The van der Waals surface area contributed by atoms with Crippen molar-refractivity contribution in [1.29, 1.82) is 0 Å². The van der Waals surface area contributed by atoms with Gasteiger partial charge < -0.3 is 10.6 Å². The Balaban J connectivity index is 1.36. The molecule has 0 saturated heterocycles. The fourth-order valence-corrected chi connectivity index (χ4v) is 3.20. The molecule has 31 heavy (non-hydrogen) atoms. The number of amides is 2. The monoisotopic (exact) mass is 410 g/mol. The average Bonchev–Trinajstić information content (AvgIpc) is 3.29. The molecule has 1 heterocycles. The van der Waals surface area contributed by atoms with Gasteiger partial charge in [0.2, 0.25) is 0 Å². The number of rotatable bonds is 7. The van der Waals surface area contributed by atoms with Gasteiger partial charge in [0.1, 0.15) is 0 Å². The van der Waals surface area contributed by atoms with Gasteiger partial charge in [-0.3, -0.25) is 9.59 Å². The van der Waals surface area contributed by atoms with E-state index in [1.165, 1.54) is 0 Å². The fourth-order valence-electron chi connectivity index (χ4n) is 3.20. The van der Waals surface area contributed by atoms with Crippen molar-refractivity contribution in [3.8, 4) is 5.69 Å². The van der Waals surface area contributed by atoms with Gasteiger partial charge in [0, 0.05) is 18.3 Å². The lowest BCUT2D eigenvalue weighted by molar-refractivity contribution is 0.0955. The van der Waals surface area contributed by atoms with Gasteiger partial charge in [0.25, 0.3) is 11.8 Å². The minimum atomic E-state index is -0.255. The number of anilines is 1. The molecule has 6 heteroatoms. The maximum absolute atomic E-state index is 12.7. The summed E-state index contributed by atoms with van der Waals surface area (Å²) in [5.41, 5.74) is 3.45. The smallest absolute Gasteiger partial charge is 0.255 e. The van der Waals surface area contributed by atoms with Crippen LogP contribution in [0.15, 0.2) is 97.3 Å². The van der Waals surface area contributed by atoms with Crippen LogP contribution in [0.2, 0.25) is 0 Å². The Morgan fingerprint density at radius 1 is 0.806 bits per heavy atom. The average molecular weight is 410 g/mol. The third-order valence-corrected chi connectivity index (χ3v) is 4.81. The van der Waals surface area contributed by atoms with Gasteiger partial charge in [-0.2, -0.15) is 5.10 Å². The number of benzene rings is 3. The summed E-state index contributed by atoms with van der Waals surface area (Å²) in [6.07, 6.45) is 4.40. The molecule has 3 aromatic carbocycles. The van der Waals surface area contributed by atoms with Crippen LogP contribution in [-0.4, -0.2) is 28.1 Å². The van der Waals surface area contributed by atoms with E-state index in [1.807, 2.05) is 47.3 Å². The third-order valence-electron chi connectivity index (χ3n) is 4.81. The normalized spacial score (nSPS) is 10.5. The Morgan fingerprint density at radius 2 is 1.48 bits per heavy atom. The van der Waals surface area contributed by atoms with E-state index >= 15 is 0 Å². The van der Waals surface area contributed by atoms with Crippen LogP contribution < -0.4 is 10.6 Å². The van der Waals surface area contributed by atoms with E-state index in [1.54, 1.807) is 54.7 Å². The summed E-state index contributed by atoms with van der Waals surface area (Å²) >= 11 is 0. The van der Waals surface area contributed by atoms with Crippen LogP contribution in [0.5, 0.6) is 0 Å². The van der Waals surface area contributed by atoms with Gasteiger partial charge in [-0.15, -0.1) is 0 Å². The quantitative estimate of drug-likeness (QED) is 0.482. The van der Waals surface area contributed by atoms with Crippen LogP contribution in [0.1, 0.15) is 26.3 Å². The molecular formula is C25H22N4O2. The van der Waals surface area contributed by atoms with Gasteiger partial charge >= 0.3 is 0 Å². The van der Waals surface area contributed by atoms with Gasteiger partial charge in [0.15, 0.2) is 0 Å². The highest BCUT2D eigenvalue weighted by molar-refractivity contribution is 6.08. The largest absolute Gasteiger partial charge is 0.352 e. The Bertz CT molecular complexity index is 1170. The van der Waals surface area contributed by atoms with E-state index in [2.05, 4.69) is 15.7 Å². The fraction of sp³-hybridized carbons (Fsp3) is 0.0800. The Kier molecular flexibility index (Phi) is 6.18. The zero-order chi connectivity index (χ0) is 21.5. The van der Waals surface area contributed by atoms with Crippen LogP contribution >= 0.6 is 0 Å². The first-order chi connectivity index (χ1) is 15.2. The van der Waals surface area contributed by atoms with Gasteiger partial charge in [0.05, 0.1) is 23.1 Å². The van der Waals surface area contributed by atoms with Crippen molar-refractivity contribution in [1.82, 2.24) is 15.1 Å². The molecule has 0 spiro atoms. The number of aromatic nitrogens is 2. The first-order valence-corrected chi connectivity index (χ1v) is 10.0. The summed E-state index contributed by atoms with van der Waals surface area (Å²) in [5, 5.41) is 10.1. The highest BCUT2D eigenvalue weighted by Crippen LogP contribution is 2.16. The number of nitrogens with zero attached hydrogens (tertiary/aromatic N) is 2. The Morgan fingerprint density at radius 3 is 2.26 bits per heavy atom. The van der Waals surface area contributed by atoms with Crippen molar-refractivity contribution < 1.29 is 9.59 Å². The maximum atomic E-state index is 12.7. The second-order valence-electron chi connectivity index (χ2n) is 7.00. The predicted molar refractivity (Wildman–Crippen MR) is 120 cm³/mol. The third kappa shape index (κ3) is 5.05. The first-order valence-electron chi connectivity index (χ1n) is 10.0. The lowest BCUT2D eigenvalue weighted by Gasteiger charge is -2.11. The molecule has 2 amide bonds. The number of para-hydroxylation sites is 2. The minimum absolute atomic E-state index is 0.237. The zero-order valence-corrected chi connectivity index (χ0v) is 16.9. The number of hydrogen-bond acceptors (Lipinski definition) is 3. The highest BCUT2D eigenvalue weighted by Gasteiger charge is 2.14. The van der Waals surface area contributed by atoms with Crippen molar-refractivity contribution in [2.24, 2.45) is 0 Å². The van der Waals surface area contributed by atoms with E-state index in [9.17, 15) is 9.59 Å². The van der Waals surface area contributed by atoms with Crippen molar-refractivity contribution in [2.45, 2.75) is 6.42 Å². The first kappa shape index (κ1) is 20.1. The van der Waals surface area contributed by atoms with Crippen LogP contribution in [0.3, 0.4) is 0 Å². The van der Waals surface area contributed by atoms with E-state index in [0.29, 0.717) is 29.8 Å². The second-order valence-corrected chi connectivity index (χ2v) is 7.00. The molecule has 0 saturated carbocycles. The molecule has 4 rings (SSSR count). The molecule has 0 radical (unpaired) electrons. The predicted octanol–water partition coefficient (Wildman–Crippen LogP) is 4.10. The van der Waals surface area contributed by atoms with E-state index < -0.39 is 0 Å². The van der Waals surface area contributed by atoms with E-state index in [4.69, 9.17) is 0 Å². The van der Waals surface area contributed by atoms with Gasteiger partial charge in [-0.25, -0.2) is 4.68 Å². The summed E-state index contributed by atoms with van der Waals surface area (Å²) in [6.45, 7) is 0.459.